The van der Waals surface area contributed by atoms with Gasteiger partial charge in [-0.15, -0.1) is 0 Å². The Kier molecular flexibility index (Phi) is 12.7. The van der Waals surface area contributed by atoms with Gasteiger partial charge in [0.15, 0.2) is 24.1 Å². The highest BCUT2D eigenvalue weighted by atomic mass is 16.6. The van der Waals surface area contributed by atoms with Gasteiger partial charge in [0.1, 0.15) is 18.3 Å². The predicted molar refractivity (Wildman–Crippen MR) is 177 cm³/mol. The van der Waals surface area contributed by atoms with Gasteiger partial charge in [0, 0.05) is 57.4 Å². The Labute approximate surface area is 296 Å². The van der Waals surface area contributed by atoms with Crippen molar-refractivity contribution in [1.82, 2.24) is 0 Å². The fraction of sp³-hybridized carbons (Fsp3) is 0.541. The molecule has 2 aliphatic rings. The molecule has 1 saturated carbocycles. The lowest BCUT2D eigenvalue weighted by Gasteiger charge is -2.45. The summed E-state index contributed by atoms with van der Waals surface area (Å²) in [7, 11) is 0. The van der Waals surface area contributed by atoms with Crippen molar-refractivity contribution in [3.8, 4) is 0 Å². The van der Waals surface area contributed by atoms with Crippen LogP contribution in [0.25, 0.3) is 0 Å². The highest BCUT2D eigenvalue weighted by molar-refractivity contribution is 5.95. The quantitative estimate of drug-likeness (QED) is 0.246. The molecular formula is C37H46O14. The van der Waals surface area contributed by atoms with Crippen LogP contribution in [0.2, 0.25) is 0 Å². The minimum absolute atomic E-state index is 0.0206. The van der Waals surface area contributed by atoms with Crippen LogP contribution in [-0.2, 0) is 57.2 Å². The van der Waals surface area contributed by atoms with E-state index in [2.05, 4.69) is 6.58 Å². The van der Waals surface area contributed by atoms with E-state index < -0.39 is 107 Å². The number of carbonyl (C=O) groups is 7. The molecule has 1 aromatic rings. The van der Waals surface area contributed by atoms with E-state index in [4.69, 9.17) is 28.4 Å². The van der Waals surface area contributed by atoms with Gasteiger partial charge >= 0.3 is 35.8 Å². The average Bonchev–Trinajstić information content (AvgIpc) is 3.22. The molecule has 0 aliphatic heterocycles. The summed E-state index contributed by atoms with van der Waals surface area (Å²) in [5.41, 5.74) is -4.17. The van der Waals surface area contributed by atoms with Gasteiger partial charge in [0.05, 0.1) is 11.5 Å². The third-order valence-electron chi connectivity index (χ3n) is 9.05. The monoisotopic (exact) mass is 714 g/mol. The van der Waals surface area contributed by atoms with Gasteiger partial charge in [-0.25, -0.2) is 4.79 Å². The summed E-state index contributed by atoms with van der Waals surface area (Å²) in [5.74, 6) is -10.3. The molecule has 10 atom stereocenters. The Morgan fingerprint density at radius 1 is 0.725 bits per heavy atom. The minimum Gasteiger partial charge on any atom is -0.462 e. The number of carbonyl (C=O) groups excluding carboxylic acids is 7. The fourth-order valence-electron chi connectivity index (χ4n) is 6.89. The van der Waals surface area contributed by atoms with Gasteiger partial charge in [0.25, 0.3) is 0 Å². The SMILES string of the molecule is C=C1[C@H](OC(C)=O)[C@@H](OC(C)=O)[C@@H](OC(C)=O)C(C)(C)/C=C/[C@H](C)C(=O)[C@]2(OC(C)=O)[C@H]([C@@H](OC(C)=O)[C@@H](C)[C@H]2O)[C@H]1OC(=O)c1ccccc1. The number of allylic oxidation sites excluding steroid dienone is 1. The van der Waals surface area contributed by atoms with Crippen LogP contribution in [0.3, 0.4) is 0 Å². The Bertz CT molecular complexity index is 1580. The highest BCUT2D eigenvalue weighted by Crippen LogP contribution is 2.51. The maximum absolute atomic E-state index is 14.8. The molecule has 1 N–H and O–H groups in total. The number of benzene rings is 1. The number of ether oxygens (including phenoxy) is 6. The van der Waals surface area contributed by atoms with Crippen LogP contribution < -0.4 is 0 Å². The summed E-state index contributed by atoms with van der Waals surface area (Å²) in [6.07, 6.45) is -7.16. The van der Waals surface area contributed by atoms with Crippen molar-refractivity contribution in [2.75, 3.05) is 0 Å². The first-order chi connectivity index (χ1) is 23.6. The van der Waals surface area contributed by atoms with Crippen LogP contribution in [0.15, 0.2) is 54.6 Å². The van der Waals surface area contributed by atoms with E-state index in [1.54, 1.807) is 32.0 Å². The molecule has 0 spiro atoms. The zero-order valence-electron chi connectivity index (χ0n) is 30.2. The third kappa shape index (κ3) is 8.73. The number of fused-ring (bicyclic) bond motifs is 1. The minimum atomic E-state index is -2.56. The standard InChI is InChI=1S/C37H46O14/c1-18-16-17-36(9,10)34(49-24(7)41)31(48-23(6)40)30(47-22(5)39)19(2)28(50-35(45)26-14-12-11-13-15-26)27-29(46-21(4)38)20(3)33(44)37(27,32(18)43)51-25(8)42/h11-18,20,27-31,33-34,44H,2H2,1,3-10H3/b17-16+/t18-,20+,27-,28-,29-,30-,31+,33+,34+,37+/m0/s1. The van der Waals surface area contributed by atoms with E-state index in [1.165, 1.54) is 38.1 Å². The number of hydrogen-bond acceptors (Lipinski definition) is 14. The van der Waals surface area contributed by atoms with Crippen LogP contribution in [0.1, 0.15) is 72.7 Å². The van der Waals surface area contributed by atoms with E-state index >= 15 is 0 Å². The molecule has 0 bridgehead atoms. The van der Waals surface area contributed by atoms with Crippen LogP contribution >= 0.6 is 0 Å². The lowest BCUT2D eigenvalue weighted by molar-refractivity contribution is -0.196. The van der Waals surface area contributed by atoms with E-state index in [-0.39, 0.29) is 11.1 Å². The number of ketones is 1. The van der Waals surface area contributed by atoms with Gasteiger partial charge in [0.2, 0.25) is 5.60 Å². The molecule has 1 fully saturated rings. The molecule has 0 heterocycles. The topological polar surface area (TPSA) is 195 Å². The lowest BCUT2D eigenvalue weighted by atomic mass is 9.71. The number of Topliss-reactive ketones (excluding diaryl/α,β-unsaturated/α-hetero) is 1. The molecule has 0 saturated heterocycles. The predicted octanol–water partition coefficient (Wildman–Crippen LogP) is 3.22. The number of rotatable bonds is 7. The van der Waals surface area contributed by atoms with Crippen molar-refractivity contribution in [1.29, 1.82) is 0 Å². The van der Waals surface area contributed by atoms with Crippen molar-refractivity contribution >= 4 is 41.6 Å². The maximum Gasteiger partial charge on any atom is 0.338 e. The van der Waals surface area contributed by atoms with Crippen molar-refractivity contribution in [2.24, 2.45) is 23.2 Å². The molecule has 51 heavy (non-hydrogen) atoms. The molecular weight excluding hydrogens is 668 g/mol. The van der Waals surface area contributed by atoms with Crippen molar-refractivity contribution in [3.63, 3.8) is 0 Å². The number of aliphatic hydroxyl groups is 1. The summed E-state index contributed by atoms with van der Waals surface area (Å²) in [5, 5.41) is 12.0. The van der Waals surface area contributed by atoms with E-state index in [9.17, 15) is 38.7 Å². The number of aliphatic hydroxyl groups excluding tert-OH is 1. The van der Waals surface area contributed by atoms with Crippen molar-refractivity contribution in [3.05, 3.63) is 60.2 Å². The van der Waals surface area contributed by atoms with Gasteiger partial charge in [-0.1, -0.05) is 64.6 Å². The lowest BCUT2D eigenvalue weighted by Crippen LogP contribution is -2.62. The van der Waals surface area contributed by atoms with Crippen molar-refractivity contribution < 1.29 is 67.1 Å². The van der Waals surface area contributed by atoms with Crippen LogP contribution in [-0.4, -0.2) is 88.9 Å². The van der Waals surface area contributed by atoms with Gasteiger partial charge in [-0.2, -0.15) is 0 Å². The van der Waals surface area contributed by atoms with Gasteiger partial charge < -0.3 is 33.5 Å². The summed E-state index contributed by atoms with van der Waals surface area (Å²) >= 11 is 0. The second kappa shape index (κ2) is 16.0. The maximum atomic E-state index is 14.8. The molecule has 2 aliphatic carbocycles. The number of esters is 6. The summed E-state index contributed by atoms with van der Waals surface area (Å²) in [6, 6.07) is 7.62. The van der Waals surface area contributed by atoms with Crippen molar-refractivity contribution in [2.45, 2.75) is 105 Å². The van der Waals surface area contributed by atoms with E-state index in [1.807, 2.05) is 0 Å². The average molecular weight is 715 g/mol. The molecule has 0 unspecified atom stereocenters. The zero-order valence-corrected chi connectivity index (χ0v) is 30.2. The molecule has 14 nitrogen and oxygen atoms in total. The van der Waals surface area contributed by atoms with Crippen LogP contribution in [0, 0.1) is 23.2 Å². The first-order valence-electron chi connectivity index (χ1n) is 16.4. The zero-order chi connectivity index (χ0) is 38.6. The van der Waals surface area contributed by atoms with E-state index in [0.29, 0.717) is 0 Å². The largest absolute Gasteiger partial charge is 0.462 e. The van der Waals surface area contributed by atoms with Gasteiger partial charge in [-0.3, -0.25) is 28.8 Å². The first kappa shape index (κ1) is 40.6. The Hall–Kier alpha value is -4.85. The molecule has 0 aromatic heterocycles. The van der Waals surface area contributed by atoms with Gasteiger partial charge in [-0.05, 0) is 12.1 Å². The Morgan fingerprint density at radius 2 is 1.25 bits per heavy atom. The molecule has 3 rings (SSSR count). The van der Waals surface area contributed by atoms with Crippen LogP contribution in [0.5, 0.6) is 0 Å². The van der Waals surface area contributed by atoms with Crippen LogP contribution in [0.4, 0.5) is 0 Å². The Morgan fingerprint density at radius 3 is 1.76 bits per heavy atom. The summed E-state index contributed by atoms with van der Waals surface area (Å²) < 4.78 is 34.8. The Balaban J connectivity index is 2.56. The first-order valence-corrected chi connectivity index (χ1v) is 16.4. The molecule has 0 amide bonds. The molecule has 1 aromatic carbocycles. The molecule has 0 radical (unpaired) electrons. The second-order valence-corrected chi connectivity index (χ2v) is 13.5. The summed E-state index contributed by atoms with van der Waals surface area (Å²) in [6.45, 7) is 15.6. The highest BCUT2D eigenvalue weighted by Gasteiger charge is 2.70. The fourth-order valence-corrected chi connectivity index (χ4v) is 6.89. The molecule has 14 heteroatoms. The normalized spacial score (nSPS) is 32.5. The third-order valence-corrected chi connectivity index (χ3v) is 9.05. The smallest absolute Gasteiger partial charge is 0.338 e. The molecule has 278 valence electrons. The second-order valence-electron chi connectivity index (χ2n) is 13.5. The number of hydrogen-bond donors (Lipinski definition) is 1. The summed E-state index contributed by atoms with van der Waals surface area (Å²) in [4.78, 5) is 92.2. The van der Waals surface area contributed by atoms with E-state index in [0.717, 1.165) is 34.6 Å².